The second-order valence-corrected chi connectivity index (χ2v) is 4.63. The molecule has 1 unspecified atom stereocenters. The van der Waals surface area contributed by atoms with Gasteiger partial charge < -0.3 is 4.90 Å². The van der Waals surface area contributed by atoms with Crippen LogP contribution in [0.5, 0.6) is 0 Å². The highest BCUT2D eigenvalue weighted by Gasteiger charge is 2.14. The second kappa shape index (κ2) is 5.49. The molecule has 0 N–H and O–H groups in total. The molecule has 1 heterocycles. The van der Waals surface area contributed by atoms with Crippen LogP contribution in [0, 0.1) is 17.2 Å². The molecule has 0 aliphatic heterocycles. The van der Waals surface area contributed by atoms with E-state index in [9.17, 15) is 4.79 Å². The highest BCUT2D eigenvalue weighted by molar-refractivity contribution is 5.97. The largest absolute Gasteiger partial charge is 0.340 e. The Hall–Kier alpha value is -2.41. The van der Waals surface area contributed by atoms with Crippen molar-refractivity contribution in [1.82, 2.24) is 9.88 Å². The predicted octanol–water partition coefficient (Wildman–Crippen LogP) is 2.47. The summed E-state index contributed by atoms with van der Waals surface area (Å²) in [5.74, 6) is -0.246. The lowest BCUT2D eigenvalue weighted by Crippen LogP contribution is -2.30. The van der Waals surface area contributed by atoms with Gasteiger partial charge in [-0.15, -0.1) is 0 Å². The molecule has 0 saturated heterocycles. The molecular weight excluding hydrogens is 238 g/mol. The number of carbonyl (C=O) groups is 1. The number of hydrogen-bond acceptors (Lipinski definition) is 3. The minimum Gasteiger partial charge on any atom is -0.340 e. The van der Waals surface area contributed by atoms with E-state index in [0.29, 0.717) is 12.1 Å². The van der Waals surface area contributed by atoms with E-state index in [1.54, 1.807) is 31.1 Å². The van der Waals surface area contributed by atoms with Crippen molar-refractivity contribution in [2.24, 2.45) is 5.92 Å². The molecular formula is C15H15N3O. The molecule has 1 amide bonds. The maximum atomic E-state index is 12.2. The van der Waals surface area contributed by atoms with E-state index in [1.165, 1.54) is 0 Å². The van der Waals surface area contributed by atoms with Crippen LogP contribution in [0.4, 0.5) is 0 Å². The minimum atomic E-state index is -0.170. The number of pyridine rings is 1. The molecule has 0 spiro atoms. The van der Waals surface area contributed by atoms with Crippen LogP contribution < -0.4 is 0 Å². The Labute approximate surface area is 112 Å². The number of nitriles is 1. The average Bonchev–Trinajstić information content (AvgIpc) is 2.45. The summed E-state index contributed by atoms with van der Waals surface area (Å²) in [5.41, 5.74) is 1.49. The van der Waals surface area contributed by atoms with Crippen molar-refractivity contribution in [2.75, 3.05) is 13.6 Å². The molecule has 96 valence electrons. The molecule has 1 atom stereocenters. The summed E-state index contributed by atoms with van der Waals surface area (Å²) in [6, 6.07) is 11.3. The first-order valence-corrected chi connectivity index (χ1v) is 6.11. The number of aromatic nitrogens is 1. The van der Waals surface area contributed by atoms with Gasteiger partial charge in [0.05, 0.1) is 17.5 Å². The van der Waals surface area contributed by atoms with Gasteiger partial charge in [-0.1, -0.05) is 6.07 Å². The van der Waals surface area contributed by atoms with Crippen molar-refractivity contribution in [2.45, 2.75) is 6.92 Å². The number of benzene rings is 1. The van der Waals surface area contributed by atoms with Crippen LogP contribution in [0.2, 0.25) is 0 Å². The van der Waals surface area contributed by atoms with Crippen molar-refractivity contribution in [1.29, 1.82) is 5.26 Å². The summed E-state index contributed by atoms with van der Waals surface area (Å²) in [6.07, 6.45) is 1.73. The molecule has 0 radical (unpaired) electrons. The Balaban J connectivity index is 2.24. The standard InChI is InChI=1S/C15H15N3O/c1-11(9-16)10-18(2)15(19)13-5-6-14-12(8-13)4-3-7-17-14/h3-8,11H,10H2,1-2H3. The number of rotatable bonds is 3. The molecule has 0 bridgehead atoms. The van der Waals surface area contributed by atoms with Crippen LogP contribution in [0.15, 0.2) is 36.5 Å². The molecule has 2 aromatic rings. The van der Waals surface area contributed by atoms with E-state index < -0.39 is 0 Å². The summed E-state index contributed by atoms with van der Waals surface area (Å²) >= 11 is 0. The molecule has 4 nitrogen and oxygen atoms in total. The average molecular weight is 253 g/mol. The summed E-state index contributed by atoms with van der Waals surface area (Å²) in [4.78, 5) is 18.0. The van der Waals surface area contributed by atoms with E-state index in [4.69, 9.17) is 5.26 Å². The number of carbonyl (C=O) groups excluding carboxylic acids is 1. The number of amides is 1. The Morgan fingerprint density at radius 1 is 1.47 bits per heavy atom. The predicted molar refractivity (Wildman–Crippen MR) is 73.5 cm³/mol. The fourth-order valence-corrected chi connectivity index (χ4v) is 1.96. The molecule has 19 heavy (non-hydrogen) atoms. The van der Waals surface area contributed by atoms with Crippen LogP contribution in [0.1, 0.15) is 17.3 Å². The first kappa shape index (κ1) is 13.0. The fourth-order valence-electron chi connectivity index (χ4n) is 1.96. The Morgan fingerprint density at radius 2 is 2.26 bits per heavy atom. The van der Waals surface area contributed by atoms with Crippen LogP contribution in [0.3, 0.4) is 0 Å². The lowest BCUT2D eigenvalue weighted by molar-refractivity contribution is 0.0785. The summed E-state index contributed by atoms with van der Waals surface area (Å²) in [5, 5.41) is 9.72. The third-order valence-electron chi connectivity index (χ3n) is 2.96. The SMILES string of the molecule is CC(C#N)CN(C)C(=O)c1ccc2ncccc2c1. The molecule has 0 fully saturated rings. The van der Waals surface area contributed by atoms with Gasteiger partial charge in [-0.3, -0.25) is 9.78 Å². The quantitative estimate of drug-likeness (QED) is 0.844. The van der Waals surface area contributed by atoms with Gasteiger partial charge in [-0.05, 0) is 31.2 Å². The Kier molecular flexibility index (Phi) is 3.76. The number of nitrogens with zero attached hydrogens (tertiary/aromatic N) is 3. The zero-order valence-corrected chi connectivity index (χ0v) is 11.0. The zero-order valence-electron chi connectivity index (χ0n) is 11.0. The molecule has 1 aromatic heterocycles. The van der Waals surface area contributed by atoms with E-state index in [2.05, 4.69) is 11.1 Å². The molecule has 4 heteroatoms. The minimum absolute atomic E-state index is 0.0761. The Morgan fingerprint density at radius 3 is 3.00 bits per heavy atom. The van der Waals surface area contributed by atoms with Crippen molar-refractivity contribution >= 4 is 16.8 Å². The van der Waals surface area contributed by atoms with E-state index in [-0.39, 0.29) is 11.8 Å². The van der Waals surface area contributed by atoms with Crippen molar-refractivity contribution < 1.29 is 4.79 Å². The van der Waals surface area contributed by atoms with Gasteiger partial charge in [0, 0.05) is 30.7 Å². The second-order valence-electron chi connectivity index (χ2n) is 4.63. The molecule has 2 rings (SSSR count). The number of hydrogen-bond donors (Lipinski definition) is 0. The van der Waals surface area contributed by atoms with Crippen molar-refractivity contribution in [3.05, 3.63) is 42.1 Å². The number of fused-ring (bicyclic) bond motifs is 1. The smallest absolute Gasteiger partial charge is 0.253 e. The Bertz CT molecular complexity index is 645. The fraction of sp³-hybridized carbons (Fsp3) is 0.267. The van der Waals surface area contributed by atoms with Gasteiger partial charge in [0.25, 0.3) is 5.91 Å². The third kappa shape index (κ3) is 2.89. The third-order valence-corrected chi connectivity index (χ3v) is 2.96. The first-order chi connectivity index (χ1) is 9.11. The van der Waals surface area contributed by atoms with Gasteiger partial charge in [0.2, 0.25) is 0 Å². The summed E-state index contributed by atoms with van der Waals surface area (Å²) in [6.45, 7) is 2.23. The highest BCUT2D eigenvalue weighted by atomic mass is 16.2. The molecule has 0 saturated carbocycles. The van der Waals surface area contributed by atoms with Gasteiger partial charge in [0.1, 0.15) is 0 Å². The van der Waals surface area contributed by atoms with E-state index >= 15 is 0 Å². The van der Waals surface area contributed by atoms with Crippen LogP contribution in [-0.2, 0) is 0 Å². The van der Waals surface area contributed by atoms with Crippen molar-refractivity contribution in [3.63, 3.8) is 0 Å². The molecule has 1 aromatic carbocycles. The zero-order chi connectivity index (χ0) is 13.8. The lowest BCUT2D eigenvalue weighted by atomic mass is 10.1. The highest BCUT2D eigenvalue weighted by Crippen LogP contribution is 2.15. The van der Waals surface area contributed by atoms with E-state index in [0.717, 1.165) is 10.9 Å². The van der Waals surface area contributed by atoms with Gasteiger partial charge >= 0.3 is 0 Å². The maximum absolute atomic E-state index is 12.2. The normalized spacial score (nSPS) is 11.8. The molecule has 0 aliphatic rings. The van der Waals surface area contributed by atoms with Gasteiger partial charge in [0.15, 0.2) is 0 Å². The first-order valence-electron chi connectivity index (χ1n) is 6.11. The summed E-state index contributed by atoms with van der Waals surface area (Å²) < 4.78 is 0. The monoisotopic (exact) mass is 253 g/mol. The van der Waals surface area contributed by atoms with Crippen LogP contribution >= 0.6 is 0 Å². The topological polar surface area (TPSA) is 57.0 Å². The van der Waals surface area contributed by atoms with Gasteiger partial charge in [-0.2, -0.15) is 5.26 Å². The van der Waals surface area contributed by atoms with Crippen LogP contribution in [-0.4, -0.2) is 29.4 Å². The van der Waals surface area contributed by atoms with E-state index in [1.807, 2.05) is 24.3 Å². The summed E-state index contributed by atoms with van der Waals surface area (Å²) in [7, 11) is 1.71. The lowest BCUT2D eigenvalue weighted by Gasteiger charge is -2.18. The van der Waals surface area contributed by atoms with Crippen LogP contribution in [0.25, 0.3) is 10.9 Å². The maximum Gasteiger partial charge on any atom is 0.253 e. The van der Waals surface area contributed by atoms with Crippen molar-refractivity contribution in [3.8, 4) is 6.07 Å². The molecule has 0 aliphatic carbocycles. The van der Waals surface area contributed by atoms with Gasteiger partial charge in [-0.25, -0.2) is 0 Å².